The number of hydrogen-bond donors (Lipinski definition) is 0. The van der Waals surface area contributed by atoms with Crippen molar-refractivity contribution in [2.45, 2.75) is 206 Å². The van der Waals surface area contributed by atoms with Gasteiger partial charge < -0.3 is 42.9 Å². The van der Waals surface area contributed by atoms with Crippen LogP contribution in [0, 0.1) is 0 Å². The van der Waals surface area contributed by atoms with Gasteiger partial charge in [0.1, 0.15) is 0 Å². The Morgan fingerprint density at radius 1 is 0.227 bits per heavy atom. The predicted molar refractivity (Wildman–Crippen MR) is 196 cm³/mol. The van der Waals surface area contributed by atoms with Gasteiger partial charge in [0.15, 0.2) is 0 Å². The van der Waals surface area contributed by atoms with E-state index in [0.717, 1.165) is 8.97 Å². The highest BCUT2D eigenvalue weighted by atomic mass is 79.9. The number of nitrogens with zero attached hydrogens (tertiary/aromatic N) is 2. The molecule has 272 valence electrons. The zero-order chi connectivity index (χ0) is 31.6. The molecule has 2 nitrogen and oxygen atoms in total. The van der Waals surface area contributed by atoms with E-state index < -0.39 is 0 Å². The first-order valence-corrected chi connectivity index (χ1v) is 19.7. The van der Waals surface area contributed by atoms with E-state index in [2.05, 4.69) is 56.1 Å². The standard InChI is InChI=1S/C21H46N.C19H42N.2BrH/c1-5-6-7-8-9-10-11-12-13-14-15-16-17-18-19-20-21-22(2,3)4;1-5-6-7-8-9-10-11-12-13-14-15-16-17-18-19-20(2,3)4;;/h5-21H2,1-4H3;5-19H2,1-4H3;2*1H/q2*+1;;/p-2. The molecule has 0 saturated carbocycles. The summed E-state index contributed by atoms with van der Waals surface area (Å²) in [5.74, 6) is 0. The van der Waals surface area contributed by atoms with Crippen LogP contribution in [-0.4, -0.2) is 64.3 Å². The maximum absolute atomic E-state index is 2.30. The molecule has 4 heteroatoms. The summed E-state index contributed by atoms with van der Waals surface area (Å²) in [5, 5.41) is 0. The van der Waals surface area contributed by atoms with E-state index in [1.165, 1.54) is 206 Å². The lowest BCUT2D eigenvalue weighted by atomic mass is 10.0. The average Bonchev–Trinajstić information content (AvgIpc) is 2.92. The smallest absolute Gasteiger partial charge is 0.0780 e. The van der Waals surface area contributed by atoms with Crippen LogP contribution < -0.4 is 34.0 Å². The molecule has 0 aliphatic carbocycles. The van der Waals surface area contributed by atoms with Crippen LogP contribution in [0.2, 0.25) is 0 Å². The van der Waals surface area contributed by atoms with Gasteiger partial charge in [0.05, 0.1) is 55.4 Å². The number of quaternary nitrogens is 2. The van der Waals surface area contributed by atoms with E-state index in [0.29, 0.717) is 0 Å². The van der Waals surface area contributed by atoms with Crippen molar-refractivity contribution in [1.82, 2.24) is 0 Å². The van der Waals surface area contributed by atoms with Gasteiger partial charge in [-0.3, -0.25) is 0 Å². The molecule has 0 bridgehead atoms. The summed E-state index contributed by atoms with van der Waals surface area (Å²) >= 11 is 0. The van der Waals surface area contributed by atoms with Crippen LogP contribution in [-0.2, 0) is 0 Å². The lowest BCUT2D eigenvalue weighted by Gasteiger charge is -2.23. The van der Waals surface area contributed by atoms with Gasteiger partial charge >= 0.3 is 0 Å². The molecule has 0 amide bonds. The van der Waals surface area contributed by atoms with Crippen molar-refractivity contribution in [1.29, 1.82) is 0 Å². The van der Waals surface area contributed by atoms with Gasteiger partial charge in [-0.1, -0.05) is 181 Å². The quantitative estimate of drug-likeness (QED) is 0.0507. The van der Waals surface area contributed by atoms with Crippen molar-refractivity contribution in [3.63, 3.8) is 0 Å². The monoisotopic (exact) mass is 755 g/mol. The Bertz CT molecular complexity index is 485. The third kappa shape index (κ3) is 55.3. The first kappa shape index (κ1) is 51.7. The molecule has 0 aliphatic heterocycles. The average molecular weight is 757 g/mol. The summed E-state index contributed by atoms with van der Waals surface area (Å²) in [6.45, 7) is 7.25. The van der Waals surface area contributed by atoms with E-state index in [4.69, 9.17) is 0 Å². The van der Waals surface area contributed by atoms with Gasteiger partial charge in [-0.15, -0.1) is 0 Å². The van der Waals surface area contributed by atoms with Crippen LogP contribution in [0.3, 0.4) is 0 Å². The summed E-state index contributed by atoms with van der Waals surface area (Å²) in [6, 6.07) is 0. The van der Waals surface area contributed by atoms with Crippen LogP contribution >= 0.6 is 0 Å². The molecule has 0 atom stereocenters. The van der Waals surface area contributed by atoms with Crippen LogP contribution in [0.5, 0.6) is 0 Å². The summed E-state index contributed by atoms with van der Waals surface area (Å²) in [4.78, 5) is 0. The van der Waals surface area contributed by atoms with Crippen molar-refractivity contribution < 1.29 is 42.9 Å². The predicted octanol–water partition coefficient (Wildman–Crippen LogP) is 7.14. The maximum atomic E-state index is 2.30. The van der Waals surface area contributed by atoms with Gasteiger partial charge in [-0.2, -0.15) is 0 Å². The van der Waals surface area contributed by atoms with Crippen molar-refractivity contribution in [2.75, 3.05) is 55.4 Å². The van der Waals surface area contributed by atoms with Gasteiger partial charge in [-0.05, 0) is 25.7 Å². The largest absolute Gasteiger partial charge is 1.00 e. The summed E-state index contributed by atoms with van der Waals surface area (Å²) in [6.07, 6.45) is 43.7. The Kier molecular flexibility index (Phi) is 47.1. The highest BCUT2D eigenvalue weighted by molar-refractivity contribution is 4.51. The van der Waals surface area contributed by atoms with Gasteiger partial charge in [-0.25, -0.2) is 0 Å². The van der Waals surface area contributed by atoms with Crippen LogP contribution in [0.4, 0.5) is 0 Å². The fraction of sp³-hybridized carbons (Fsp3) is 1.00. The fourth-order valence-electron chi connectivity index (χ4n) is 5.91. The number of rotatable bonds is 32. The Morgan fingerprint density at radius 2 is 0.364 bits per heavy atom. The zero-order valence-corrected chi connectivity index (χ0v) is 35.4. The Balaban J connectivity index is -0.000000349. The molecule has 0 aromatic rings. The lowest BCUT2D eigenvalue weighted by molar-refractivity contribution is -0.870. The van der Waals surface area contributed by atoms with Crippen molar-refractivity contribution >= 4 is 0 Å². The SMILES string of the molecule is CCCCCCCCCCCCCCCCCC[N+](C)(C)C.CCCCCCCCCCCCCCCC[N+](C)(C)C.[Br-].[Br-]. The van der Waals surface area contributed by atoms with E-state index in [9.17, 15) is 0 Å². The summed E-state index contributed by atoms with van der Waals surface area (Å²) < 4.78 is 2.25. The molecule has 0 radical (unpaired) electrons. The molecule has 0 aromatic heterocycles. The minimum absolute atomic E-state index is 0. The molecule has 0 heterocycles. The molecule has 0 aromatic carbocycles. The second-order valence-electron chi connectivity index (χ2n) is 15.9. The zero-order valence-electron chi connectivity index (χ0n) is 32.3. The van der Waals surface area contributed by atoms with Gasteiger partial charge in [0, 0.05) is 0 Å². The second-order valence-corrected chi connectivity index (χ2v) is 15.9. The van der Waals surface area contributed by atoms with Crippen LogP contribution in [0.15, 0.2) is 0 Å². The summed E-state index contributed by atoms with van der Waals surface area (Å²) in [5.41, 5.74) is 0. The van der Waals surface area contributed by atoms with Crippen LogP contribution in [0.1, 0.15) is 206 Å². The molecular formula is C40H88Br2N2. The Labute approximate surface area is 303 Å². The van der Waals surface area contributed by atoms with Crippen molar-refractivity contribution in [3.05, 3.63) is 0 Å². The molecule has 0 aliphatic rings. The lowest BCUT2D eigenvalue weighted by Crippen LogP contribution is -3.00. The summed E-state index contributed by atoms with van der Waals surface area (Å²) in [7, 11) is 13.8. The van der Waals surface area contributed by atoms with E-state index in [1.54, 1.807) is 0 Å². The number of halogens is 2. The number of unbranched alkanes of at least 4 members (excludes halogenated alkanes) is 28. The molecular weight excluding hydrogens is 668 g/mol. The normalized spacial score (nSPS) is 11.5. The Hall–Kier alpha value is 0.880. The highest BCUT2D eigenvalue weighted by Crippen LogP contribution is 2.15. The fourth-order valence-corrected chi connectivity index (χ4v) is 5.91. The van der Waals surface area contributed by atoms with E-state index >= 15 is 0 Å². The first-order valence-electron chi connectivity index (χ1n) is 19.7. The van der Waals surface area contributed by atoms with Crippen molar-refractivity contribution in [3.8, 4) is 0 Å². The Morgan fingerprint density at radius 3 is 0.500 bits per heavy atom. The topological polar surface area (TPSA) is 0 Å². The van der Waals surface area contributed by atoms with E-state index in [1.807, 2.05) is 0 Å². The maximum Gasteiger partial charge on any atom is 0.0780 e. The van der Waals surface area contributed by atoms with Gasteiger partial charge in [0.25, 0.3) is 0 Å². The van der Waals surface area contributed by atoms with Crippen molar-refractivity contribution in [2.24, 2.45) is 0 Å². The minimum atomic E-state index is 0. The molecule has 0 rings (SSSR count). The highest BCUT2D eigenvalue weighted by Gasteiger charge is 2.06. The molecule has 0 N–H and O–H groups in total. The van der Waals surface area contributed by atoms with E-state index in [-0.39, 0.29) is 34.0 Å². The molecule has 0 unspecified atom stereocenters. The molecule has 0 spiro atoms. The van der Waals surface area contributed by atoms with Crippen LogP contribution in [0.25, 0.3) is 0 Å². The molecule has 0 saturated heterocycles. The third-order valence-corrected chi connectivity index (χ3v) is 8.86. The van der Waals surface area contributed by atoms with Gasteiger partial charge in [0.2, 0.25) is 0 Å². The third-order valence-electron chi connectivity index (χ3n) is 8.86. The first-order chi connectivity index (χ1) is 20.1. The molecule has 0 fully saturated rings. The number of hydrogen-bond acceptors (Lipinski definition) is 0. The minimum Gasteiger partial charge on any atom is -1.00 e. The second kappa shape index (κ2) is 40.1. The molecule has 44 heavy (non-hydrogen) atoms.